The summed E-state index contributed by atoms with van der Waals surface area (Å²) in [5.41, 5.74) is 12.5. The van der Waals surface area contributed by atoms with Gasteiger partial charge in [0.1, 0.15) is 44.9 Å². The first-order valence-electron chi connectivity index (χ1n) is 18.6. The van der Waals surface area contributed by atoms with Crippen molar-refractivity contribution in [1.82, 2.24) is 15.3 Å². The molecule has 0 fully saturated rings. The molecular weight excluding hydrogens is 811 g/mol. The molecule has 4 amide bonds. The lowest BCUT2D eigenvalue weighted by Gasteiger charge is -2.45. The molecule has 4 aliphatic rings. The van der Waals surface area contributed by atoms with Crippen LogP contribution in [0, 0.1) is 35.1 Å². The first kappa shape index (κ1) is 41.6. The van der Waals surface area contributed by atoms with Crippen LogP contribution in [0.3, 0.4) is 0 Å². The van der Waals surface area contributed by atoms with Gasteiger partial charge in [-0.25, -0.2) is 32.4 Å². The minimum absolute atomic E-state index is 0.0221. The van der Waals surface area contributed by atoms with Gasteiger partial charge in [0.25, 0.3) is 0 Å². The summed E-state index contributed by atoms with van der Waals surface area (Å²) in [4.78, 5) is 34.4. The van der Waals surface area contributed by atoms with Gasteiger partial charge in [-0.3, -0.25) is 9.59 Å². The van der Waals surface area contributed by atoms with E-state index in [0.717, 1.165) is 42.0 Å². The number of hydrogen-bond donors (Lipinski definition) is 3. The van der Waals surface area contributed by atoms with Gasteiger partial charge >= 0.3 is 6.03 Å². The van der Waals surface area contributed by atoms with Crippen molar-refractivity contribution in [2.24, 2.45) is 33.5 Å². The Morgan fingerprint density at radius 1 is 0.729 bits per heavy atom. The van der Waals surface area contributed by atoms with Gasteiger partial charge in [-0.2, -0.15) is 10.2 Å². The third kappa shape index (κ3) is 7.71. The largest absolute Gasteiger partial charge is 0.493 e. The van der Waals surface area contributed by atoms with Crippen LogP contribution >= 0.6 is 23.5 Å². The zero-order valence-electron chi connectivity index (χ0n) is 31.8. The zero-order valence-corrected chi connectivity index (χ0v) is 33.4. The van der Waals surface area contributed by atoms with Crippen LogP contribution in [0.25, 0.3) is 0 Å². The number of hydrogen-bond acceptors (Lipinski definition) is 10. The lowest BCUT2D eigenvalue weighted by atomic mass is 9.86. The monoisotopic (exact) mass is 849 g/mol. The molecule has 0 saturated heterocycles. The molecule has 0 aliphatic carbocycles. The van der Waals surface area contributed by atoms with Crippen molar-refractivity contribution in [3.8, 4) is 11.5 Å². The molecule has 4 aromatic carbocycles. The maximum atomic E-state index is 14.5. The first-order chi connectivity index (χ1) is 28.3. The smallest absolute Gasteiger partial charge is 0.312 e. The third-order valence-electron chi connectivity index (χ3n) is 10.3. The summed E-state index contributed by atoms with van der Waals surface area (Å²) in [6.07, 6.45) is 1.00. The van der Waals surface area contributed by atoms with E-state index in [2.05, 4.69) is 15.5 Å². The number of benzene rings is 4. The van der Waals surface area contributed by atoms with Crippen molar-refractivity contribution >= 4 is 51.5 Å². The molecule has 2 spiro atoms. The Bertz CT molecular complexity index is 2370. The Hall–Kier alpha value is -5.59. The number of nitrogens with two attached hydrogens (primary N) is 2. The Morgan fingerprint density at radius 3 is 1.59 bits per heavy atom. The second-order valence-electron chi connectivity index (χ2n) is 14.0. The molecule has 0 aromatic heterocycles. The lowest BCUT2D eigenvalue weighted by molar-refractivity contribution is -0.135. The van der Waals surface area contributed by atoms with Gasteiger partial charge in [0.15, 0.2) is 9.74 Å². The number of hydrazone groups is 2. The maximum Gasteiger partial charge on any atom is 0.312 e. The summed E-state index contributed by atoms with van der Waals surface area (Å²) in [5, 5.41) is 14.5. The van der Waals surface area contributed by atoms with E-state index in [-0.39, 0.29) is 58.0 Å². The molecule has 18 heteroatoms. The molecule has 4 heterocycles. The van der Waals surface area contributed by atoms with Crippen molar-refractivity contribution in [2.45, 2.75) is 36.4 Å². The molecule has 5 N–H and O–H groups in total. The topological polar surface area (TPSA) is 165 Å². The Balaban J connectivity index is 0.000000180. The van der Waals surface area contributed by atoms with Crippen molar-refractivity contribution in [2.75, 3.05) is 26.3 Å². The number of para-hydroxylation sites is 2. The molecule has 308 valence electrons. The summed E-state index contributed by atoms with van der Waals surface area (Å²) < 4.78 is 68.4. The van der Waals surface area contributed by atoms with E-state index in [0.29, 0.717) is 43.1 Å². The van der Waals surface area contributed by atoms with Gasteiger partial charge in [0.2, 0.25) is 11.8 Å². The summed E-state index contributed by atoms with van der Waals surface area (Å²) in [5.74, 6) is -2.32. The van der Waals surface area contributed by atoms with Crippen molar-refractivity contribution in [3.63, 3.8) is 0 Å². The van der Waals surface area contributed by atoms with Crippen LogP contribution in [0.5, 0.6) is 11.5 Å². The van der Waals surface area contributed by atoms with Crippen molar-refractivity contribution in [3.05, 3.63) is 130 Å². The van der Waals surface area contributed by atoms with E-state index in [9.17, 15) is 31.9 Å². The summed E-state index contributed by atoms with van der Waals surface area (Å²) in [6.45, 7) is 4.01. The summed E-state index contributed by atoms with van der Waals surface area (Å²) in [7, 11) is 0. The number of rotatable bonds is 7. The van der Waals surface area contributed by atoms with E-state index >= 15 is 0 Å². The minimum Gasteiger partial charge on any atom is -0.493 e. The maximum absolute atomic E-state index is 14.5. The second kappa shape index (κ2) is 16.9. The standard InChI is InChI=1S/C21H20F2N4O3S.C20H19F2N3O2S/c1-12(28)27-21(31-19(26-27)15-10-14(22)6-7-17(15)23)13(8-9-25-20(24)29)11-30-18-5-3-2-4-16(18)21;1-12(26)25-20(28-19(24-25)15-10-14(21)6-7-17(15)22)13(8-9-23)11-27-18-5-3-2-4-16(18)20/h2-7,10,13H,8-9,11H2,1H3,(H3,24,25,29);2-7,10,13H,8-9,11,23H2,1H3/t13-,21+;13-,20+/m11/s1. The molecule has 0 bridgehead atoms. The third-order valence-corrected chi connectivity index (χ3v) is 13.3. The Labute approximate surface area is 345 Å². The molecule has 4 aliphatic heterocycles. The number of halogens is 4. The number of nitrogens with zero attached hydrogens (tertiary/aromatic N) is 4. The predicted octanol–water partition coefficient (Wildman–Crippen LogP) is 6.57. The number of primary amides is 1. The lowest BCUT2D eigenvalue weighted by Crippen LogP contribution is -2.51. The quantitative estimate of drug-likeness (QED) is 0.176. The fourth-order valence-corrected chi connectivity index (χ4v) is 10.8. The fraction of sp³-hybridized carbons (Fsp3) is 0.293. The highest BCUT2D eigenvalue weighted by molar-refractivity contribution is 8.15. The first-order valence-corrected chi connectivity index (χ1v) is 20.2. The number of fused-ring (bicyclic) bond motifs is 4. The highest BCUT2D eigenvalue weighted by atomic mass is 32.2. The normalized spacial score (nSPS) is 22.6. The molecule has 59 heavy (non-hydrogen) atoms. The van der Waals surface area contributed by atoms with Crippen LogP contribution in [0.1, 0.15) is 48.9 Å². The van der Waals surface area contributed by atoms with E-state index in [1.807, 2.05) is 42.5 Å². The Kier molecular flexibility index (Phi) is 11.9. The molecular formula is C41H39F4N7O5S2. The van der Waals surface area contributed by atoms with Crippen molar-refractivity contribution in [1.29, 1.82) is 0 Å². The van der Waals surface area contributed by atoms with E-state index in [4.69, 9.17) is 20.9 Å². The SMILES string of the molecule is CC(=O)N1N=C(c2cc(F)ccc2F)S[C@@]12c1ccccc1OC[C@H]2CCN.CC(=O)N1N=C(c2cc(F)ccc2F)S[C@@]12c1ccccc1OC[C@H]2CCNC(N)=O. The van der Waals surface area contributed by atoms with Crippen LogP contribution < -0.4 is 26.3 Å². The molecule has 4 aromatic rings. The van der Waals surface area contributed by atoms with Crippen LogP contribution in [-0.4, -0.2) is 64.3 Å². The minimum atomic E-state index is -1.05. The molecule has 0 saturated carbocycles. The van der Waals surface area contributed by atoms with Crippen LogP contribution in [0.15, 0.2) is 95.1 Å². The van der Waals surface area contributed by atoms with Crippen LogP contribution in [-0.2, 0) is 19.3 Å². The van der Waals surface area contributed by atoms with Crippen LogP contribution in [0.2, 0.25) is 0 Å². The molecule has 0 radical (unpaired) electrons. The highest BCUT2D eigenvalue weighted by Crippen LogP contribution is 2.59. The van der Waals surface area contributed by atoms with Gasteiger partial charge in [-0.1, -0.05) is 59.9 Å². The number of nitrogens with one attached hydrogen (secondary N) is 1. The number of carbonyl (C=O) groups is 3. The highest BCUT2D eigenvalue weighted by Gasteiger charge is 2.58. The molecule has 0 unspecified atom stereocenters. The Morgan fingerprint density at radius 2 is 1.17 bits per heavy atom. The van der Waals surface area contributed by atoms with Gasteiger partial charge in [0, 0.05) is 54.5 Å². The van der Waals surface area contributed by atoms with Gasteiger partial charge < -0.3 is 26.3 Å². The molecule has 12 nitrogen and oxygen atoms in total. The summed E-state index contributed by atoms with van der Waals surface area (Å²) >= 11 is 2.43. The van der Waals surface area contributed by atoms with Crippen LogP contribution in [0.4, 0.5) is 22.4 Å². The van der Waals surface area contributed by atoms with E-state index in [1.54, 1.807) is 6.07 Å². The zero-order chi connectivity index (χ0) is 42.1. The van der Waals surface area contributed by atoms with E-state index in [1.165, 1.54) is 47.4 Å². The number of carbonyl (C=O) groups excluding carboxylic acids is 3. The van der Waals surface area contributed by atoms with Gasteiger partial charge in [-0.05, 0) is 67.9 Å². The number of ether oxygens (including phenoxy) is 2. The number of amides is 4. The number of urea groups is 1. The molecule has 8 rings (SSSR count). The predicted molar refractivity (Wildman–Crippen MR) is 216 cm³/mol. The van der Waals surface area contributed by atoms with Crippen molar-refractivity contribution < 1.29 is 41.4 Å². The summed E-state index contributed by atoms with van der Waals surface area (Å²) in [6, 6.07) is 20.3. The average molecular weight is 850 g/mol. The molecule has 4 atom stereocenters. The van der Waals surface area contributed by atoms with Gasteiger partial charge in [-0.15, -0.1) is 0 Å². The van der Waals surface area contributed by atoms with E-state index < -0.39 is 39.0 Å². The number of thioether (sulfide) groups is 2. The van der Waals surface area contributed by atoms with Gasteiger partial charge in [0.05, 0.1) is 13.2 Å². The average Bonchev–Trinajstić information content (AvgIpc) is 3.81. The fourth-order valence-electron chi connectivity index (χ4n) is 7.70. The second-order valence-corrected chi connectivity index (χ2v) is 16.4.